The number of hydrogen-bond acceptors (Lipinski definition) is 3. The lowest BCUT2D eigenvalue weighted by molar-refractivity contribution is -0.121. The predicted octanol–water partition coefficient (Wildman–Crippen LogP) is 3.36. The van der Waals surface area contributed by atoms with E-state index < -0.39 is 0 Å². The molecular formula is C18H19N3O2. The fourth-order valence-electron chi connectivity index (χ4n) is 3.23. The highest BCUT2D eigenvalue weighted by atomic mass is 16.3. The van der Waals surface area contributed by atoms with Gasteiger partial charge in [0.15, 0.2) is 0 Å². The minimum absolute atomic E-state index is 0.0709. The van der Waals surface area contributed by atoms with E-state index in [4.69, 9.17) is 0 Å². The van der Waals surface area contributed by atoms with Crippen molar-refractivity contribution in [3.63, 3.8) is 0 Å². The number of hydrogen-bond donors (Lipinski definition) is 1. The monoisotopic (exact) mass is 309 g/mol. The molecule has 1 saturated heterocycles. The molecule has 1 amide bonds. The van der Waals surface area contributed by atoms with Gasteiger partial charge in [-0.1, -0.05) is 60.7 Å². The van der Waals surface area contributed by atoms with Gasteiger partial charge in [0.2, 0.25) is 5.91 Å². The van der Waals surface area contributed by atoms with E-state index >= 15 is 0 Å². The van der Waals surface area contributed by atoms with Gasteiger partial charge in [-0.05, 0) is 18.1 Å². The van der Waals surface area contributed by atoms with Gasteiger partial charge in [-0.2, -0.15) is 0 Å². The second-order valence-electron chi connectivity index (χ2n) is 5.80. The number of carbonyl (C=O) groups is 1. The lowest BCUT2D eigenvalue weighted by Crippen LogP contribution is -2.38. The van der Waals surface area contributed by atoms with E-state index in [2.05, 4.69) is 10.6 Å². The number of rotatable bonds is 3. The summed E-state index contributed by atoms with van der Waals surface area (Å²) in [5.74, 6) is -0.0709. The van der Waals surface area contributed by atoms with Crippen molar-refractivity contribution in [3.8, 4) is 0 Å². The van der Waals surface area contributed by atoms with E-state index in [9.17, 15) is 9.70 Å². The molecule has 1 aliphatic heterocycles. The zero-order valence-corrected chi connectivity index (χ0v) is 12.9. The van der Waals surface area contributed by atoms with E-state index in [-0.39, 0.29) is 30.5 Å². The number of nitroso groups, excluding NO2 is 1. The maximum absolute atomic E-state index is 12.2. The van der Waals surface area contributed by atoms with Gasteiger partial charge in [0.25, 0.3) is 0 Å². The molecule has 1 aliphatic rings. The van der Waals surface area contributed by atoms with Crippen LogP contribution in [0.15, 0.2) is 65.9 Å². The first-order valence-corrected chi connectivity index (χ1v) is 7.71. The Morgan fingerprint density at radius 2 is 1.57 bits per heavy atom. The number of benzene rings is 2. The Kier molecular flexibility index (Phi) is 4.37. The molecular weight excluding hydrogens is 290 g/mol. The smallest absolute Gasteiger partial charge is 0.222 e. The van der Waals surface area contributed by atoms with Crippen LogP contribution in [0, 0.1) is 4.91 Å². The molecule has 2 aromatic rings. The van der Waals surface area contributed by atoms with Crippen LogP contribution >= 0.6 is 0 Å². The van der Waals surface area contributed by atoms with E-state index in [0.717, 1.165) is 11.1 Å². The molecule has 5 nitrogen and oxygen atoms in total. The number of nitrogens with zero attached hydrogens (tertiary/aromatic N) is 2. The largest absolute Gasteiger partial charge is 0.351 e. The van der Waals surface area contributed by atoms with Crippen molar-refractivity contribution in [2.45, 2.75) is 31.5 Å². The Morgan fingerprint density at radius 3 is 2.13 bits per heavy atom. The minimum Gasteiger partial charge on any atom is -0.351 e. The van der Waals surface area contributed by atoms with Crippen LogP contribution in [0.5, 0.6) is 0 Å². The van der Waals surface area contributed by atoms with Gasteiger partial charge in [0, 0.05) is 0 Å². The third kappa shape index (κ3) is 3.08. The number of nitrogens with one attached hydrogen (secondary N) is 1. The van der Waals surface area contributed by atoms with E-state index in [1.807, 2.05) is 67.6 Å². The summed E-state index contributed by atoms with van der Waals surface area (Å²) >= 11 is 0. The zero-order chi connectivity index (χ0) is 16.2. The van der Waals surface area contributed by atoms with Gasteiger partial charge >= 0.3 is 0 Å². The van der Waals surface area contributed by atoms with Crippen LogP contribution < -0.4 is 5.32 Å². The molecule has 0 radical (unpaired) electrons. The number of carbonyl (C=O) groups excluding carboxylic acids is 1. The van der Waals surface area contributed by atoms with Crippen molar-refractivity contribution in [2.24, 2.45) is 5.29 Å². The lowest BCUT2D eigenvalue weighted by Gasteiger charge is -2.33. The van der Waals surface area contributed by atoms with Crippen molar-refractivity contribution in [2.75, 3.05) is 0 Å². The highest BCUT2D eigenvalue weighted by Gasteiger charge is 2.37. The summed E-state index contributed by atoms with van der Waals surface area (Å²) in [4.78, 5) is 23.9. The summed E-state index contributed by atoms with van der Waals surface area (Å²) in [6.45, 7) is 1.90. The van der Waals surface area contributed by atoms with Gasteiger partial charge in [-0.3, -0.25) is 4.79 Å². The van der Waals surface area contributed by atoms with Crippen LogP contribution in [-0.2, 0) is 4.79 Å². The minimum atomic E-state index is -0.371. The number of amides is 1. The molecule has 0 unspecified atom stereocenters. The van der Waals surface area contributed by atoms with Crippen LogP contribution in [0.1, 0.15) is 36.6 Å². The molecule has 23 heavy (non-hydrogen) atoms. The first-order chi connectivity index (χ1) is 11.2. The van der Waals surface area contributed by atoms with E-state index in [0.29, 0.717) is 0 Å². The maximum Gasteiger partial charge on any atom is 0.222 e. The summed E-state index contributed by atoms with van der Waals surface area (Å²) in [5, 5.41) is 7.80. The summed E-state index contributed by atoms with van der Waals surface area (Å²) in [6.07, 6.45) is 0.212. The molecule has 3 atom stereocenters. The molecule has 0 saturated carbocycles. The SMILES string of the molecule is C[C@@H]1NC(=O)C[C@@H](c2ccccc2)N(N=O)[C@H]1c1ccccc1. The molecule has 3 rings (SSSR count). The van der Waals surface area contributed by atoms with E-state index in [1.165, 1.54) is 5.01 Å². The van der Waals surface area contributed by atoms with Crippen molar-refractivity contribution in [1.29, 1.82) is 0 Å². The molecule has 1 fully saturated rings. The molecule has 0 bridgehead atoms. The van der Waals surface area contributed by atoms with Gasteiger partial charge in [-0.25, -0.2) is 5.01 Å². The Morgan fingerprint density at radius 1 is 1.00 bits per heavy atom. The van der Waals surface area contributed by atoms with Crippen LogP contribution in [0.2, 0.25) is 0 Å². The molecule has 1 heterocycles. The van der Waals surface area contributed by atoms with Crippen LogP contribution in [0.3, 0.4) is 0 Å². The Hall–Kier alpha value is -2.69. The maximum atomic E-state index is 12.2. The molecule has 0 aromatic heterocycles. The van der Waals surface area contributed by atoms with Crippen LogP contribution in [0.25, 0.3) is 0 Å². The average Bonchev–Trinajstić information content (AvgIpc) is 2.71. The molecule has 0 spiro atoms. The van der Waals surface area contributed by atoms with E-state index in [1.54, 1.807) is 0 Å². The molecule has 118 valence electrons. The highest BCUT2D eigenvalue weighted by Crippen LogP contribution is 2.37. The van der Waals surface area contributed by atoms with Gasteiger partial charge in [0.05, 0.1) is 29.8 Å². The van der Waals surface area contributed by atoms with Crippen LogP contribution in [-0.4, -0.2) is 17.0 Å². The van der Waals surface area contributed by atoms with Gasteiger partial charge in [0.1, 0.15) is 0 Å². The third-order valence-electron chi connectivity index (χ3n) is 4.27. The van der Waals surface area contributed by atoms with Gasteiger partial charge < -0.3 is 5.32 Å². The molecule has 0 aliphatic carbocycles. The normalized spacial score (nSPS) is 24.7. The molecule has 1 N–H and O–H groups in total. The average molecular weight is 309 g/mol. The van der Waals surface area contributed by atoms with Crippen molar-refractivity contribution in [3.05, 3.63) is 76.7 Å². The van der Waals surface area contributed by atoms with Crippen molar-refractivity contribution < 1.29 is 4.79 Å². The topological polar surface area (TPSA) is 61.8 Å². The standard InChI is InChI=1S/C18H19N3O2/c1-13-18(15-10-6-3-7-11-15)21(20-23)16(12-17(22)19-13)14-8-4-2-5-9-14/h2-11,13,16,18H,12H2,1H3,(H,19,22)/t13-,16-,18+/m0/s1. The molecule has 2 aromatic carbocycles. The Labute approximate surface area is 135 Å². The van der Waals surface area contributed by atoms with Crippen LogP contribution in [0.4, 0.5) is 0 Å². The Bertz CT molecular complexity index is 675. The van der Waals surface area contributed by atoms with Crippen molar-refractivity contribution >= 4 is 5.91 Å². The summed E-state index contributed by atoms with van der Waals surface area (Å²) in [6, 6.07) is 18.4. The molecule has 5 heteroatoms. The first kappa shape index (κ1) is 15.2. The Balaban J connectivity index is 2.06. The van der Waals surface area contributed by atoms with Gasteiger partial charge in [-0.15, -0.1) is 4.91 Å². The quantitative estimate of drug-likeness (QED) is 0.884. The van der Waals surface area contributed by atoms with Crippen molar-refractivity contribution in [1.82, 2.24) is 10.3 Å². The zero-order valence-electron chi connectivity index (χ0n) is 12.9. The third-order valence-corrected chi connectivity index (χ3v) is 4.27. The summed E-state index contributed by atoms with van der Waals surface area (Å²) < 4.78 is 0. The fraction of sp³-hybridized carbons (Fsp3) is 0.278. The second-order valence-corrected chi connectivity index (χ2v) is 5.80. The summed E-state index contributed by atoms with van der Waals surface area (Å²) in [7, 11) is 0. The highest BCUT2D eigenvalue weighted by molar-refractivity contribution is 5.77. The first-order valence-electron chi connectivity index (χ1n) is 7.71. The summed E-state index contributed by atoms with van der Waals surface area (Å²) in [5.41, 5.74) is 1.88. The lowest BCUT2D eigenvalue weighted by atomic mass is 9.97. The fourth-order valence-corrected chi connectivity index (χ4v) is 3.23. The second kappa shape index (κ2) is 6.60. The predicted molar refractivity (Wildman–Crippen MR) is 88.2 cm³/mol.